The standard InChI is InChI=1S/C12H11Cl2N3/c1-2-7-6-10(17-12(15)16-7)8-4-3-5-9(13)11(8)14/h3-6H,2H2,1H3,(H2,15,16,17). The van der Waals surface area contributed by atoms with Gasteiger partial charge in [0.1, 0.15) is 0 Å². The molecule has 5 heteroatoms. The van der Waals surface area contributed by atoms with Crippen molar-refractivity contribution in [2.75, 3.05) is 5.73 Å². The van der Waals surface area contributed by atoms with Crippen LogP contribution in [0.15, 0.2) is 24.3 Å². The lowest BCUT2D eigenvalue weighted by atomic mass is 10.1. The summed E-state index contributed by atoms with van der Waals surface area (Å²) in [5.74, 6) is 0.246. The third-order valence-electron chi connectivity index (χ3n) is 2.39. The Bertz CT molecular complexity index is 555. The number of hydrogen-bond acceptors (Lipinski definition) is 3. The van der Waals surface area contributed by atoms with Crippen LogP contribution in [0.1, 0.15) is 12.6 Å². The molecule has 0 bridgehead atoms. The number of nitrogen functional groups attached to an aromatic ring is 1. The monoisotopic (exact) mass is 267 g/mol. The van der Waals surface area contributed by atoms with Gasteiger partial charge in [-0.1, -0.05) is 42.3 Å². The van der Waals surface area contributed by atoms with Crippen molar-refractivity contribution in [2.45, 2.75) is 13.3 Å². The van der Waals surface area contributed by atoms with E-state index >= 15 is 0 Å². The Morgan fingerprint density at radius 2 is 2.00 bits per heavy atom. The van der Waals surface area contributed by atoms with E-state index in [0.29, 0.717) is 15.7 Å². The van der Waals surface area contributed by atoms with Crippen molar-refractivity contribution < 1.29 is 0 Å². The van der Waals surface area contributed by atoms with Crippen LogP contribution < -0.4 is 5.73 Å². The van der Waals surface area contributed by atoms with Gasteiger partial charge in [-0.25, -0.2) is 9.97 Å². The molecule has 2 aromatic rings. The Morgan fingerprint density at radius 3 is 2.71 bits per heavy atom. The quantitative estimate of drug-likeness (QED) is 0.905. The van der Waals surface area contributed by atoms with Gasteiger partial charge in [-0.05, 0) is 18.6 Å². The van der Waals surface area contributed by atoms with Crippen molar-refractivity contribution in [2.24, 2.45) is 0 Å². The number of aryl methyl sites for hydroxylation is 1. The second kappa shape index (κ2) is 4.90. The SMILES string of the molecule is CCc1cc(-c2cccc(Cl)c2Cl)nc(N)n1. The van der Waals surface area contributed by atoms with Crippen LogP contribution in [-0.4, -0.2) is 9.97 Å². The van der Waals surface area contributed by atoms with Crippen LogP contribution in [-0.2, 0) is 6.42 Å². The molecule has 0 fully saturated rings. The first-order valence-corrected chi connectivity index (χ1v) is 5.95. The molecule has 1 heterocycles. The molecule has 2 N–H and O–H groups in total. The number of nitrogens with zero attached hydrogens (tertiary/aromatic N) is 2. The Balaban J connectivity index is 2.60. The molecule has 88 valence electrons. The molecule has 1 aromatic heterocycles. The summed E-state index contributed by atoms with van der Waals surface area (Å²) in [5, 5.41) is 0.980. The highest BCUT2D eigenvalue weighted by atomic mass is 35.5. The van der Waals surface area contributed by atoms with Crippen molar-refractivity contribution in [1.82, 2.24) is 9.97 Å². The summed E-state index contributed by atoms with van der Waals surface area (Å²) < 4.78 is 0. The van der Waals surface area contributed by atoms with Crippen LogP contribution in [0, 0.1) is 0 Å². The maximum atomic E-state index is 6.14. The Kier molecular flexibility index (Phi) is 3.50. The van der Waals surface area contributed by atoms with Gasteiger partial charge in [0.25, 0.3) is 0 Å². The van der Waals surface area contributed by atoms with Gasteiger partial charge < -0.3 is 5.73 Å². The highest BCUT2D eigenvalue weighted by Crippen LogP contribution is 2.32. The smallest absolute Gasteiger partial charge is 0.220 e. The second-order valence-electron chi connectivity index (χ2n) is 3.56. The largest absolute Gasteiger partial charge is 0.368 e. The minimum absolute atomic E-state index is 0.246. The molecule has 0 unspecified atom stereocenters. The molecular formula is C12H11Cl2N3. The van der Waals surface area contributed by atoms with Crippen molar-refractivity contribution in [3.05, 3.63) is 40.0 Å². The zero-order valence-electron chi connectivity index (χ0n) is 9.24. The molecule has 2 rings (SSSR count). The summed E-state index contributed by atoms with van der Waals surface area (Å²) in [6.07, 6.45) is 0.790. The van der Waals surface area contributed by atoms with Gasteiger partial charge in [0.15, 0.2) is 0 Å². The molecule has 0 saturated heterocycles. The van der Waals surface area contributed by atoms with Crippen molar-refractivity contribution in [3.8, 4) is 11.3 Å². The van der Waals surface area contributed by atoms with Crippen LogP contribution in [0.2, 0.25) is 10.0 Å². The lowest BCUT2D eigenvalue weighted by Gasteiger charge is -2.07. The first-order chi connectivity index (χ1) is 8.11. The number of benzene rings is 1. The first kappa shape index (κ1) is 12.1. The zero-order chi connectivity index (χ0) is 12.4. The van der Waals surface area contributed by atoms with E-state index in [9.17, 15) is 0 Å². The predicted octanol–water partition coefficient (Wildman–Crippen LogP) is 3.60. The molecule has 0 saturated carbocycles. The van der Waals surface area contributed by atoms with E-state index in [-0.39, 0.29) is 5.95 Å². The van der Waals surface area contributed by atoms with E-state index in [2.05, 4.69) is 9.97 Å². The summed E-state index contributed by atoms with van der Waals surface area (Å²) >= 11 is 12.1. The van der Waals surface area contributed by atoms with Crippen molar-refractivity contribution in [3.63, 3.8) is 0 Å². The lowest BCUT2D eigenvalue weighted by molar-refractivity contribution is 1.01. The Labute approximate surface area is 110 Å². The molecule has 1 aromatic carbocycles. The van der Waals surface area contributed by atoms with Gasteiger partial charge >= 0.3 is 0 Å². The third kappa shape index (κ3) is 2.51. The number of aromatic nitrogens is 2. The number of halogens is 2. The third-order valence-corrected chi connectivity index (χ3v) is 3.21. The van der Waals surface area contributed by atoms with Crippen molar-refractivity contribution >= 4 is 29.2 Å². The molecule has 0 aliphatic rings. The van der Waals surface area contributed by atoms with E-state index in [0.717, 1.165) is 17.7 Å². The fraction of sp³-hybridized carbons (Fsp3) is 0.167. The highest BCUT2D eigenvalue weighted by molar-refractivity contribution is 6.43. The molecule has 17 heavy (non-hydrogen) atoms. The van der Waals surface area contributed by atoms with Gasteiger partial charge in [-0.2, -0.15) is 0 Å². The second-order valence-corrected chi connectivity index (χ2v) is 4.34. The molecular weight excluding hydrogens is 257 g/mol. The molecule has 3 nitrogen and oxygen atoms in total. The van der Waals surface area contributed by atoms with E-state index in [4.69, 9.17) is 28.9 Å². The molecule has 0 atom stereocenters. The number of hydrogen-bond donors (Lipinski definition) is 1. The minimum atomic E-state index is 0.246. The normalized spacial score (nSPS) is 10.5. The number of anilines is 1. The van der Waals surface area contributed by atoms with Crippen LogP contribution in [0.4, 0.5) is 5.95 Å². The molecule has 0 aliphatic heterocycles. The maximum Gasteiger partial charge on any atom is 0.220 e. The van der Waals surface area contributed by atoms with Gasteiger partial charge in [0.2, 0.25) is 5.95 Å². The Morgan fingerprint density at radius 1 is 1.24 bits per heavy atom. The van der Waals surface area contributed by atoms with Crippen LogP contribution >= 0.6 is 23.2 Å². The topological polar surface area (TPSA) is 51.8 Å². The predicted molar refractivity (Wildman–Crippen MR) is 71.3 cm³/mol. The van der Waals surface area contributed by atoms with E-state index in [1.165, 1.54) is 0 Å². The zero-order valence-corrected chi connectivity index (χ0v) is 10.8. The summed E-state index contributed by atoms with van der Waals surface area (Å²) in [6, 6.07) is 7.29. The number of rotatable bonds is 2. The van der Waals surface area contributed by atoms with Crippen LogP contribution in [0.3, 0.4) is 0 Å². The van der Waals surface area contributed by atoms with Crippen LogP contribution in [0.25, 0.3) is 11.3 Å². The summed E-state index contributed by atoms with van der Waals surface area (Å²) in [7, 11) is 0. The van der Waals surface area contributed by atoms with E-state index in [1.807, 2.05) is 25.1 Å². The van der Waals surface area contributed by atoms with Crippen molar-refractivity contribution in [1.29, 1.82) is 0 Å². The van der Waals surface area contributed by atoms with Gasteiger partial charge in [-0.15, -0.1) is 0 Å². The molecule has 0 spiro atoms. The van der Waals surface area contributed by atoms with Gasteiger partial charge in [0.05, 0.1) is 15.7 Å². The highest BCUT2D eigenvalue weighted by Gasteiger charge is 2.10. The molecule has 0 radical (unpaired) electrons. The number of nitrogens with two attached hydrogens (primary N) is 1. The fourth-order valence-corrected chi connectivity index (χ4v) is 1.94. The average Bonchev–Trinajstić information content (AvgIpc) is 2.31. The van der Waals surface area contributed by atoms with Gasteiger partial charge in [0, 0.05) is 11.3 Å². The molecule has 0 amide bonds. The average molecular weight is 268 g/mol. The fourth-order valence-electron chi connectivity index (χ4n) is 1.54. The Hall–Kier alpha value is -1.32. The lowest BCUT2D eigenvalue weighted by Crippen LogP contribution is -2.00. The first-order valence-electron chi connectivity index (χ1n) is 5.19. The molecule has 0 aliphatic carbocycles. The summed E-state index contributed by atoms with van der Waals surface area (Å²) in [4.78, 5) is 8.30. The summed E-state index contributed by atoms with van der Waals surface area (Å²) in [5.41, 5.74) is 8.00. The summed E-state index contributed by atoms with van der Waals surface area (Å²) in [6.45, 7) is 2.01. The maximum absolute atomic E-state index is 6.14. The van der Waals surface area contributed by atoms with E-state index in [1.54, 1.807) is 6.07 Å². The van der Waals surface area contributed by atoms with Gasteiger partial charge in [-0.3, -0.25) is 0 Å². The van der Waals surface area contributed by atoms with Crippen LogP contribution in [0.5, 0.6) is 0 Å². The van der Waals surface area contributed by atoms with E-state index < -0.39 is 0 Å². The minimum Gasteiger partial charge on any atom is -0.368 e.